The van der Waals surface area contributed by atoms with E-state index in [0.717, 1.165) is 11.6 Å². The number of rotatable bonds is 4. The van der Waals surface area contributed by atoms with Crippen LogP contribution in [0.5, 0.6) is 0 Å². The SMILES string of the molecule is CC1(C)OB(c2cnc(NC(=O)OCc3ccccc3)cc2F)OC1(C)C. The molecule has 1 amide bonds. The van der Waals surface area contributed by atoms with Crippen LogP contribution < -0.4 is 10.8 Å². The lowest BCUT2D eigenvalue weighted by Crippen LogP contribution is -2.41. The standard InChI is InChI=1S/C19H22BFN2O4/c1-18(2)19(3,4)27-20(26-18)14-11-22-16(10-15(14)21)23-17(24)25-12-13-8-6-5-7-9-13/h5-11H,12H2,1-4H3,(H,22,23,24). The molecule has 0 radical (unpaired) electrons. The minimum Gasteiger partial charge on any atom is -0.444 e. The van der Waals surface area contributed by atoms with Gasteiger partial charge < -0.3 is 14.0 Å². The maximum atomic E-state index is 14.5. The summed E-state index contributed by atoms with van der Waals surface area (Å²) >= 11 is 0. The molecule has 0 atom stereocenters. The van der Waals surface area contributed by atoms with E-state index in [1.807, 2.05) is 58.0 Å². The van der Waals surface area contributed by atoms with Gasteiger partial charge in [-0.1, -0.05) is 30.3 Å². The zero-order chi connectivity index (χ0) is 19.7. The molecule has 1 aliphatic heterocycles. The lowest BCUT2D eigenvalue weighted by molar-refractivity contribution is 0.00578. The first-order valence-electron chi connectivity index (χ1n) is 8.67. The molecular weight excluding hydrogens is 350 g/mol. The van der Waals surface area contributed by atoms with Gasteiger partial charge in [-0.15, -0.1) is 0 Å². The summed E-state index contributed by atoms with van der Waals surface area (Å²) in [7, 11) is -0.860. The molecule has 0 spiro atoms. The molecule has 0 aliphatic carbocycles. The third-order valence-corrected chi connectivity index (χ3v) is 4.83. The van der Waals surface area contributed by atoms with Gasteiger partial charge in [0.1, 0.15) is 18.2 Å². The van der Waals surface area contributed by atoms with Crippen molar-refractivity contribution in [1.29, 1.82) is 0 Å². The lowest BCUT2D eigenvalue weighted by Gasteiger charge is -2.32. The van der Waals surface area contributed by atoms with Crippen LogP contribution >= 0.6 is 0 Å². The fraction of sp³-hybridized carbons (Fsp3) is 0.368. The number of nitrogens with zero attached hydrogens (tertiary/aromatic N) is 1. The van der Waals surface area contributed by atoms with Gasteiger partial charge in [0.2, 0.25) is 0 Å². The van der Waals surface area contributed by atoms with E-state index >= 15 is 0 Å². The van der Waals surface area contributed by atoms with Gasteiger partial charge in [0.15, 0.2) is 0 Å². The Bertz CT molecular complexity index is 814. The first-order chi connectivity index (χ1) is 12.7. The quantitative estimate of drug-likeness (QED) is 0.835. The summed E-state index contributed by atoms with van der Waals surface area (Å²) in [6.07, 6.45) is 0.582. The Morgan fingerprint density at radius 2 is 1.81 bits per heavy atom. The highest BCUT2D eigenvalue weighted by atomic mass is 19.1. The van der Waals surface area contributed by atoms with Crippen LogP contribution in [0.1, 0.15) is 33.3 Å². The maximum Gasteiger partial charge on any atom is 0.499 e. The van der Waals surface area contributed by atoms with Crippen LogP contribution in [0.3, 0.4) is 0 Å². The van der Waals surface area contributed by atoms with Crippen molar-refractivity contribution < 1.29 is 23.2 Å². The zero-order valence-corrected chi connectivity index (χ0v) is 15.8. The molecule has 2 aromatic rings. The van der Waals surface area contributed by atoms with Crippen LogP contribution in [0.2, 0.25) is 0 Å². The molecule has 1 N–H and O–H groups in total. The summed E-state index contributed by atoms with van der Waals surface area (Å²) in [5, 5.41) is 2.41. The van der Waals surface area contributed by atoms with E-state index in [4.69, 9.17) is 14.0 Å². The second-order valence-corrected chi connectivity index (χ2v) is 7.37. The van der Waals surface area contributed by atoms with Gasteiger partial charge in [0.05, 0.1) is 11.2 Å². The van der Waals surface area contributed by atoms with E-state index in [2.05, 4.69) is 10.3 Å². The smallest absolute Gasteiger partial charge is 0.444 e. The topological polar surface area (TPSA) is 69.7 Å². The Labute approximate surface area is 158 Å². The summed E-state index contributed by atoms with van der Waals surface area (Å²) in [5.41, 5.74) is -0.135. The predicted octanol–water partition coefficient (Wildman–Crippen LogP) is 3.27. The molecule has 1 saturated heterocycles. The molecule has 2 heterocycles. The molecule has 27 heavy (non-hydrogen) atoms. The van der Waals surface area contributed by atoms with E-state index in [1.165, 1.54) is 6.20 Å². The Morgan fingerprint density at radius 1 is 1.19 bits per heavy atom. The van der Waals surface area contributed by atoms with Crippen molar-refractivity contribution in [3.8, 4) is 0 Å². The number of hydrogen-bond acceptors (Lipinski definition) is 5. The third kappa shape index (κ3) is 4.28. The molecular formula is C19H22BFN2O4. The number of amides is 1. The molecule has 1 aromatic heterocycles. The van der Waals surface area contributed by atoms with Gasteiger partial charge in [0, 0.05) is 17.7 Å². The highest BCUT2D eigenvalue weighted by Crippen LogP contribution is 2.36. The van der Waals surface area contributed by atoms with Crippen LogP contribution in [0, 0.1) is 5.82 Å². The average Bonchev–Trinajstić information content (AvgIpc) is 2.81. The number of nitrogens with one attached hydrogen (secondary N) is 1. The van der Waals surface area contributed by atoms with Crippen molar-refractivity contribution in [1.82, 2.24) is 4.98 Å². The van der Waals surface area contributed by atoms with Crippen molar-refractivity contribution in [2.24, 2.45) is 0 Å². The summed E-state index contributed by atoms with van der Waals surface area (Å²) in [4.78, 5) is 15.9. The van der Waals surface area contributed by atoms with Crippen molar-refractivity contribution in [3.63, 3.8) is 0 Å². The largest absolute Gasteiger partial charge is 0.499 e. The molecule has 8 heteroatoms. The van der Waals surface area contributed by atoms with Crippen LogP contribution in [-0.4, -0.2) is 29.4 Å². The number of ether oxygens (including phenoxy) is 1. The predicted molar refractivity (Wildman–Crippen MR) is 100 cm³/mol. The van der Waals surface area contributed by atoms with Crippen LogP contribution in [0.15, 0.2) is 42.6 Å². The van der Waals surface area contributed by atoms with Crippen molar-refractivity contribution in [2.45, 2.75) is 45.5 Å². The average molecular weight is 372 g/mol. The maximum absolute atomic E-state index is 14.5. The summed E-state index contributed by atoms with van der Waals surface area (Å²) < 4.78 is 31.3. The second-order valence-electron chi connectivity index (χ2n) is 7.37. The first kappa shape index (κ1) is 19.3. The minimum atomic E-state index is -0.860. The number of hydrogen-bond donors (Lipinski definition) is 1. The number of pyridine rings is 1. The van der Waals surface area contributed by atoms with Gasteiger partial charge in [-0.25, -0.2) is 14.2 Å². The second kappa shape index (κ2) is 7.29. The highest BCUT2D eigenvalue weighted by Gasteiger charge is 2.52. The Morgan fingerprint density at radius 3 is 2.41 bits per heavy atom. The summed E-state index contributed by atoms with van der Waals surface area (Å²) in [6, 6.07) is 10.4. The Hall–Kier alpha value is -2.45. The molecule has 3 rings (SSSR count). The minimum absolute atomic E-state index is 0.0471. The van der Waals surface area contributed by atoms with E-state index in [9.17, 15) is 9.18 Å². The van der Waals surface area contributed by atoms with Crippen LogP contribution in [0.4, 0.5) is 15.0 Å². The molecule has 1 aromatic carbocycles. The van der Waals surface area contributed by atoms with Crippen LogP contribution in [-0.2, 0) is 20.7 Å². The molecule has 0 unspecified atom stereocenters. The van der Waals surface area contributed by atoms with Gasteiger partial charge >= 0.3 is 13.2 Å². The highest BCUT2D eigenvalue weighted by molar-refractivity contribution is 6.62. The monoisotopic (exact) mass is 372 g/mol. The van der Waals surface area contributed by atoms with E-state index in [1.54, 1.807) is 0 Å². The van der Waals surface area contributed by atoms with E-state index < -0.39 is 30.2 Å². The fourth-order valence-electron chi connectivity index (χ4n) is 2.52. The van der Waals surface area contributed by atoms with Crippen LogP contribution in [0.25, 0.3) is 0 Å². The molecule has 1 aliphatic rings. The number of carbonyl (C=O) groups is 1. The van der Waals surface area contributed by atoms with Gasteiger partial charge in [-0.3, -0.25) is 5.32 Å². The van der Waals surface area contributed by atoms with E-state index in [-0.39, 0.29) is 17.9 Å². The molecule has 0 bridgehead atoms. The Balaban J connectivity index is 1.62. The lowest BCUT2D eigenvalue weighted by atomic mass is 9.80. The Kier molecular flexibility index (Phi) is 5.21. The van der Waals surface area contributed by atoms with Gasteiger partial charge in [0.25, 0.3) is 0 Å². The van der Waals surface area contributed by atoms with Gasteiger partial charge in [-0.05, 0) is 33.3 Å². The summed E-state index contributed by atoms with van der Waals surface area (Å²) in [6.45, 7) is 7.66. The number of aromatic nitrogens is 1. The van der Waals surface area contributed by atoms with Gasteiger partial charge in [-0.2, -0.15) is 0 Å². The number of anilines is 1. The molecule has 6 nitrogen and oxygen atoms in total. The number of benzene rings is 1. The number of carbonyl (C=O) groups excluding carboxylic acids is 1. The summed E-state index contributed by atoms with van der Waals surface area (Å²) in [5.74, 6) is -0.535. The molecule has 142 valence electrons. The van der Waals surface area contributed by atoms with Crippen molar-refractivity contribution >= 4 is 24.5 Å². The number of halogens is 1. The zero-order valence-electron chi connectivity index (χ0n) is 15.8. The third-order valence-electron chi connectivity index (χ3n) is 4.83. The first-order valence-corrected chi connectivity index (χ1v) is 8.67. The normalized spacial score (nSPS) is 17.6. The van der Waals surface area contributed by atoms with E-state index in [0.29, 0.717) is 0 Å². The van der Waals surface area contributed by atoms with Crippen molar-refractivity contribution in [2.75, 3.05) is 5.32 Å². The molecule has 0 saturated carbocycles. The van der Waals surface area contributed by atoms with Crippen molar-refractivity contribution in [3.05, 3.63) is 54.0 Å². The fourth-order valence-corrected chi connectivity index (χ4v) is 2.52. The molecule has 1 fully saturated rings.